The van der Waals surface area contributed by atoms with Crippen LogP contribution in [0.1, 0.15) is 27.3 Å². The van der Waals surface area contributed by atoms with Crippen molar-refractivity contribution >= 4 is 5.78 Å². The second kappa shape index (κ2) is 10.9. The number of pyridine rings is 1. The van der Waals surface area contributed by atoms with Crippen molar-refractivity contribution in [2.24, 2.45) is 0 Å². The molecule has 0 saturated carbocycles. The first-order chi connectivity index (χ1) is 16.9. The number of benzene rings is 1. The Morgan fingerprint density at radius 2 is 1.75 bits per heavy atom. The number of halogens is 6. The second-order valence-corrected chi connectivity index (χ2v) is 7.66. The lowest BCUT2D eigenvalue weighted by Gasteiger charge is -2.25. The Balaban J connectivity index is 1.92. The van der Waals surface area contributed by atoms with Gasteiger partial charge in [-0.3, -0.25) is 14.6 Å². The third-order valence-electron chi connectivity index (χ3n) is 5.06. The summed E-state index contributed by atoms with van der Waals surface area (Å²) in [7, 11) is 0. The van der Waals surface area contributed by atoms with Gasteiger partial charge in [0.15, 0.2) is 5.78 Å². The summed E-state index contributed by atoms with van der Waals surface area (Å²) in [6.45, 7) is 0.555. The molecule has 192 valence electrons. The molecule has 1 aromatic carbocycles. The van der Waals surface area contributed by atoms with Gasteiger partial charge < -0.3 is 9.84 Å². The molecule has 0 radical (unpaired) electrons. The molecule has 0 unspecified atom stereocenters. The lowest BCUT2D eigenvalue weighted by atomic mass is 9.98. The van der Waals surface area contributed by atoms with Crippen molar-refractivity contribution in [3.63, 3.8) is 0 Å². The summed E-state index contributed by atoms with van der Waals surface area (Å²) in [5.74, 6) is -0.806. The van der Waals surface area contributed by atoms with Gasteiger partial charge in [-0.05, 0) is 36.8 Å². The smallest absolute Gasteiger partial charge is 0.282 e. The first kappa shape index (κ1) is 26.9. The molecule has 36 heavy (non-hydrogen) atoms. The molecular formula is C23H19F6N3O4. The van der Waals surface area contributed by atoms with Gasteiger partial charge in [0.05, 0.1) is 17.0 Å². The van der Waals surface area contributed by atoms with Crippen LogP contribution in [0.4, 0.5) is 26.3 Å². The Hall–Kier alpha value is -3.74. The average molecular weight is 515 g/mol. The molecule has 0 aliphatic heterocycles. The van der Waals surface area contributed by atoms with Crippen molar-refractivity contribution in [1.82, 2.24) is 14.8 Å². The van der Waals surface area contributed by atoms with Crippen LogP contribution in [0.15, 0.2) is 53.5 Å². The highest BCUT2D eigenvalue weighted by Crippen LogP contribution is 2.33. The van der Waals surface area contributed by atoms with Crippen molar-refractivity contribution in [2.45, 2.75) is 38.2 Å². The fourth-order valence-corrected chi connectivity index (χ4v) is 3.25. The maximum Gasteiger partial charge on any atom is 0.282 e. The zero-order valence-electron chi connectivity index (χ0n) is 18.5. The van der Waals surface area contributed by atoms with E-state index in [2.05, 4.69) is 10.1 Å². The molecular weight excluding hydrogens is 496 g/mol. The van der Waals surface area contributed by atoms with E-state index in [1.54, 1.807) is 0 Å². The quantitative estimate of drug-likeness (QED) is 0.327. The third kappa shape index (κ3) is 5.56. The molecule has 3 rings (SSSR count). The minimum atomic E-state index is -3.82. The molecule has 0 atom stereocenters. The molecule has 0 amide bonds. The Labute approximate surface area is 200 Å². The number of hydrogen-bond donors (Lipinski definition) is 1. The van der Waals surface area contributed by atoms with Crippen molar-refractivity contribution in [3.05, 3.63) is 81.5 Å². The number of hydrogen-bond acceptors (Lipinski definition) is 6. The maximum atomic E-state index is 13.0. The summed E-state index contributed by atoms with van der Waals surface area (Å²) in [4.78, 5) is 29.4. The number of aromatic nitrogens is 3. The lowest BCUT2D eigenvalue weighted by Crippen LogP contribution is -2.42. The van der Waals surface area contributed by atoms with E-state index in [1.165, 1.54) is 37.3 Å². The second-order valence-electron chi connectivity index (χ2n) is 7.66. The van der Waals surface area contributed by atoms with E-state index in [-0.39, 0.29) is 28.3 Å². The molecule has 0 aliphatic rings. The minimum Gasteiger partial charge on any atom is -0.485 e. The van der Waals surface area contributed by atoms with Crippen LogP contribution < -0.4 is 10.3 Å². The fraction of sp³-hybridized carbons (Fsp3) is 0.304. The summed E-state index contributed by atoms with van der Waals surface area (Å²) in [6.07, 6.45) is -10.00. The van der Waals surface area contributed by atoms with E-state index < -0.39 is 54.9 Å². The largest absolute Gasteiger partial charge is 0.485 e. The number of aryl methyl sites for hydroxylation is 1. The van der Waals surface area contributed by atoms with Crippen LogP contribution in [0.25, 0.3) is 5.69 Å². The maximum absolute atomic E-state index is 13.0. The number of aliphatic hydroxyl groups is 1. The van der Waals surface area contributed by atoms with Crippen molar-refractivity contribution in [3.8, 4) is 11.4 Å². The topological polar surface area (TPSA) is 94.3 Å². The van der Waals surface area contributed by atoms with E-state index in [0.717, 1.165) is 23.0 Å². The Morgan fingerprint density at radius 3 is 2.33 bits per heavy atom. The number of Topliss-reactive ketones (excluding diaryl/α,β-unsaturated/α-hetero) is 1. The van der Waals surface area contributed by atoms with Gasteiger partial charge in [-0.15, -0.1) is 0 Å². The number of carbonyl (C=O) groups is 1. The molecule has 1 N–H and O–H groups in total. The third-order valence-corrected chi connectivity index (χ3v) is 5.06. The first-order valence-electron chi connectivity index (χ1n) is 10.3. The summed E-state index contributed by atoms with van der Waals surface area (Å²) in [5.41, 5.74) is -5.63. The van der Waals surface area contributed by atoms with Crippen LogP contribution in [0, 0.1) is 6.92 Å². The van der Waals surface area contributed by atoms with Crippen molar-refractivity contribution < 1.29 is 41.0 Å². The molecule has 2 heterocycles. The number of ether oxygens (including phenoxy) is 1. The number of alkyl halides is 6. The molecule has 2 aromatic heterocycles. The van der Waals surface area contributed by atoms with Gasteiger partial charge in [-0.2, -0.15) is 9.78 Å². The van der Waals surface area contributed by atoms with E-state index in [1.807, 2.05) is 0 Å². The highest BCUT2D eigenvalue weighted by molar-refractivity contribution is 5.97. The molecule has 3 aromatic rings. The van der Waals surface area contributed by atoms with Gasteiger partial charge in [0.2, 0.25) is 5.60 Å². The molecule has 13 heteroatoms. The predicted molar refractivity (Wildman–Crippen MR) is 114 cm³/mol. The zero-order valence-corrected chi connectivity index (χ0v) is 18.5. The van der Waals surface area contributed by atoms with Gasteiger partial charge in [0.1, 0.15) is 18.0 Å². The van der Waals surface area contributed by atoms with Gasteiger partial charge in [-0.1, -0.05) is 18.2 Å². The summed E-state index contributed by atoms with van der Waals surface area (Å²) in [5, 5.41) is 13.7. The zero-order chi connectivity index (χ0) is 26.6. The van der Waals surface area contributed by atoms with Gasteiger partial charge in [0.25, 0.3) is 24.8 Å². The van der Waals surface area contributed by atoms with Crippen LogP contribution in [-0.4, -0.2) is 51.5 Å². The van der Waals surface area contributed by atoms with E-state index in [0.29, 0.717) is 0 Å². The molecule has 0 fully saturated rings. The Bertz CT molecular complexity index is 1270. The summed E-state index contributed by atoms with van der Waals surface area (Å²) < 4.78 is 83.1. The van der Waals surface area contributed by atoms with Crippen LogP contribution in [0.3, 0.4) is 0 Å². The monoisotopic (exact) mass is 515 g/mol. The highest BCUT2D eigenvalue weighted by atomic mass is 19.3. The summed E-state index contributed by atoms with van der Waals surface area (Å²) >= 11 is 0. The van der Waals surface area contributed by atoms with E-state index in [9.17, 15) is 41.0 Å². The van der Waals surface area contributed by atoms with Crippen LogP contribution in [-0.2, 0) is 12.0 Å². The molecule has 0 spiro atoms. The normalized spacial score (nSPS) is 12.0. The number of nitrogens with zero attached hydrogens (tertiary/aromatic N) is 3. The van der Waals surface area contributed by atoms with Crippen molar-refractivity contribution in [1.29, 1.82) is 0 Å². The Kier molecular flexibility index (Phi) is 8.13. The number of rotatable bonds is 10. The first-order valence-corrected chi connectivity index (χ1v) is 10.3. The predicted octanol–water partition coefficient (Wildman–Crippen LogP) is 3.72. The average Bonchev–Trinajstić information content (AvgIpc) is 2.83. The standard InChI is InChI=1S/C23H19F6N3O4/c1-12-8-14(20(34)32(31-12)15-4-2-3-5-17(15)36-11-19(24)25)16(33)9-13-6-7-18(30-10-13)23(35,21(26)27)22(28)29/h2-8,10,19,21-22,35H,9,11H2,1H3. The molecule has 0 bridgehead atoms. The number of carbonyl (C=O) groups excluding carboxylic acids is 1. The minimum absolute atomic E-state index is 0.0187. The van der Waals surface area contributed by atoms with Gasteiger partial charge in [-0.25, -0.2) is 26.3 Å². The lowest BCUT2D eigenvalue weighted by molar-refractivity contribution is -0.185. The van der Waals surface area contributed by atoms with Crippen LogP contribution in [0.5, 0.6) is 5.75 Å². The van der Waals surface area contributed by atoms with E-state index in [4.69, 9.17) is 4.74 Å². The van der Waals surface area contributed by atoms with Gasteiger partial charge >= 0.3 is 0 Å². The van der Waals surface area contributed by atoms with Crippen molar-refractivity contribution in [2.75, 3.05) is 6.61 Å². The fourth-order valence-electron chi connectivity index (χ4n) is 3.25. The molecule has 0 saturated heterocycles. The molecule has 7 nitrogen and oxygen atoms in total. The highest BCUT2D eigenvalue weighted by Gasteiger charge is 2.50. The van der Waals surface area contributed by atoms with Crippen LogP contribution in [0.2, 0.25) is 0 Å². The Morgan fingerprint density at radius 1 is 1.08 bits per heavy atom. The number of para-hydroxylation sites is 2. The van der Waals surface area contributed by atoms with Crippen LogP contribution >= 0.6 is 0 Å². The van der Waals surface area contributed by atoms with Gasteiger partial charge in [0, 0.05) is 12.6 Å². The van der Waals surface area contributed by atoms with E-state index >= 15 is 0 Å². The number of ketones is 1. The summed E-state index contributed by atoms with van der Waals surface area (Å²) in [6, 6.07) is 8.75. The SMILES string of the molecule is Cc1cc(C(=O)Cc2ccc(C(O)(C(F)F)C(F)F)nc2)c(=O)n(-c2ccccc2OCC(F)F)n1. The molecule has 0 aliphatic carbocycles.